The first kappa shape index (κ1) is 31.9. The number of aryl methyl sites for hydroxylation is 2. The Labute approximate surface area is 303 Å². The summed E-state index contributed by atoms with van der Waals surface area (Å²) in [6.07, 6.45) is 0. The number of halogens is 2. The van der Waals surface area contributed by atoms with Gasteiger partial charge in [0.15, 0.2) is 23.3 Å². The third-order valence-corrected chi connectivity index (χ3v) is 9.22. The Morgan fingerprint density at radius 2 is 0.962 bits per heavy atom. The minimum atomic E-state index is -0.668. The van der Waals surface area contributed by atoms with Crippen LogP contribution in [-0.2, 0) is 0 Å². The van der Waals surface area contributed by atoms with E-state index in [1.165, 1.54) is 18.2 Å². The highest BCUT2D eigenvalue weighted by Gasteiger charge is 2.22. The zero-order chi connectivity index (χ0) is 36.1. The van der Waals surface area contributed by atoms with Crippen molar-refractivity contribution in [1.82, 2.24) is 34.5 Å². The molecule has 0 atom stereocenters. The summed E-state index contributed by atoms with van der Waals surface area (Å²) < 4.78 is 32.9. The van der Waals surface area contributed by atoms with E-state index in [4.69, 9.17) is 15.0 Å². The van der Waals surface area contributed by atoms with Gasteiger partial charge in [-0.3, -0.25) is 0 Å². The van der Waals surface area contributed by atoms with E-state index in [1.807, 2.05) is 98.8 Å². The van der Waals surface area contributed by atoms with Crippen molar-refractivity contribution in [1.29, 1.82) is 0 Å². The van der Waals surface area contributed by atoms with Crippen LogP contribution in [0.1, 0.15) is 11.6 Å². The Hall–Kier alpha value is -7.00. The Morgan fingerprint density at radius 1 is 0.415 bits per heavy atom. The standard InChI is InChI=1S/C44H29F2N7/c1-26-47-27(2)49-43(48-26)31-20-22-33-32-16-9-10-19-37(32)53(39(33)25-31)38-23-21-30(40-35(45)17-11-18-36(40)46)24-34(38)44-51-41(28-12-5-3-6-13-28)50-42(52-44)29-14-7-4-8-15-29/h3-25H,1-2H3. The monoisotopic (exact) mass is 693 g/mol. The van der Waals surface area contributed by atoms with Gasteiger partial charge < -0.3 is 4.57 Å². The minimum absolute atomic E-state index is 0.133. The lowest BCUT2D eigenvalue weighted by Crippen LogP contribution is -2.04. The second-order valence-electron chi connectivity index (χ2n) is 12.7. The van der Waals surface area contributed by atoms with Crippen LogP contribution >= 0.6 is 0 Å². The van der Waals surface area contributed by atoms with Gasteiger partial charge >= 0.3 is 0 Å². The van der Waals surface area contributed by atoms with Crippen molar-refractivity contribution in [3.05, 3.63) is 163 Å². The molecule has 6 aromatic carbocycles. The smallest absolute Gasteiger partial charge is 0.166 e. The molecule has 9 heteroatoms. The molecule has 0 fully saturated rings. The van der Waals surface area contributed by atoms with Crippen molar-refractivity contribution in [2.24, 2.45) is 0 Å². The molecular weight excluding hydrogens is 665 g/mol. The molecular formula is C44H29F2N7. The zero-order valence-electron chi connectivity index (χ0n) is 28.7. The molecule has 53 heavy (non-hydrogen) atoms. The fourth-order valence-electron chi connectivity index (χ4n) is 6.88. The SMILES string of the molecule is Cc1nc(C)nc(-c2ccc3c4ccccc4n(-c4ccc(-c5c(F)cccc5F)cc4-c4nc(-c5ccccc5)nc(-c5ccccc5)n4)c3c2)n1. The van der Waals surface area contributed by atoms with E-state index < -0.39 is 11.6 Å². The van der Waals surface area contributed by atoms with Crippen LogP contribution < -0.4 is 0 Å². The van der Waals surface area contributed by atoms with Gasteiger partial charge in [0.25, 0.3) is 0 Å². The van der Waals surface area contributed by atoms with Crippen molar-refractivity contribution < 1.29 is 8.78 Å². The van der Waals surface area contributed by atoms with Crippen LogP contribution in [0.25, 0.3) is 84.2 Å². The number of fused-ring (bicyclic) bond motifs is 3. The number of benzene rings is 6. The van der Waals surface area contributed by atoms with Crippen molar-refractivity contribution in [2.75, 3.05) is 0 Å². The van der Waals surface area contributed by atoms with Crippen molar-refractivity contribution in [2.45, 2.75) is 13.8 Å². The number of nitrogens with zero attached hydrogens (tertiary/aromatic N) is 7. The fourth-order valence-corrected chi connectivity index (χ4v) is 6.88. The quantitative estimate of drug-likeness (QED) is 0.172. The van der Waals surface area contributed by atoms with E-state index in [0.29, 0.717) is 51.8 Å². The summed E-state index contributed by atoms with van der Waals surface area (Å²) in [5.74, 6) is 1.77. The van der Waals surface area contributed by atoms with Gasteiger partial charge in [0.05, 0.1) is 22.3 Å². The van der Waals surface area contributed by atoms with Crippen LogP contribution in [0.4, 0.5) is 8.78 Å². The normalized spacial score (nSPS) is 11.4. The summed E-state index contributed by atoms with van der Waals surface area (Å²) in [6, 6.07) is 42.9. The average molecular weight is 694 g/mol. The molecule has 0 radical (unpaired) electrons. The number of para-hydroxylation sites is 1. The first-order valence-electron chi connectivity index (χ1n) is 17.1. The maximum atomic E-state index is 15.4. The van der Waals surface area contributed by atoms with Crippen molar-refractivity contribution in [3.63, 3.8) is 0 Å². The summed E-state index contributed by atoms with van der Waals surface area (Å²) in [5, 5.41) is 2.03. The first-order chi connectivity index (χ1) is 25.9. The molecule has 0 bridgehead atoms. The fraction of sp³-hybridized carbons (Fsp3) is 0.0455. The molecule has 0 amide bonds. The second-order valence-corrected chi connectivity index (χ2v) is 12.7. The molecule has 7 nitrogen and oxygen atoms in total. The van der Waals surface area contributed by atoms with Crippen LogP contribution in [0.5, 0.6) is 0 Å². The molecule has 0 aliphatic rings. The lowest BCUT2D eigenvalue weighted by molar-refractivity contribution is 0.589. The van der Waals surface area contributed by atoms with Gasteiger partial charge in [-0.25, -0.2) is 38.7 Å². The third kappa shape index (κ3) is 5.78. The van der Waals surface area contributed by atoms with E-state index >= 15 is 8.78 Å². The van der Waals surface area contributed by atoms with Gasteiger partial charge in [0.1, 0.15) is 23.3 Å². The van der Waals surface area contributed by atoms with Crippen molar-refractivity contribution in [3.8, 4) is 62.4 Å². The average Bonchev–Trinajstić information content (AvgIpc) is 3.51. The van der Waals surface area contributed by atoms with Crippen molar-refractivity contribution >= 4 is 21.8 Å². The molecule has 9 aromatic rings. The first-order valence-corrected chi connectivity index (χ1v) is 17.1. The molecule has 0 N–H and O–H groups in total. The predicted octanol–water partition coefficient (Wildman–Crippen LogP) is 10.4. The summed E-state index contributed by atoms with van der Waals surface area (Å²) >= 11 is 0. The molecule has 0 aliphatic carbocycles. The molecule has 0 aliphatic heterocycles. The summed E-state index contributed by atoms with van der Waals surface area (Å²) in [7, 11) is 0. The number of hydrogen-bond acceptors (Lipinski definition) is 6. The minimum Gasteiger partial charge on any atom is -0.308 e. The van der Waals surface area contributed by atoms with Gasteiger partial charge in [0, 0.05) is 33.0 Å². The molecule has 3 heterocycles. The Morgan fingerprint density at radius 3 is 1.62 bits per heavy atom. The predicted molar refractivity (Wildman–Crippen MR) is 204 cm³/mol. The summed E-state index contributed by atoms with van der Waals surface area (Å²) in [4.78, 5) is 28.6. The van der Waals surface area contributed by atoms with E-state index in [9.17, 15) is 0 Å². The van der Waals surface area contributed by atoms with E-state index in [1.54, 1.807) is 12.1 Å². The largest absolute Gasteiger partial charge is 0.308 e. The zero-order valence-corrected chi connectivity index (χ0v) is 28.7. The van der Waals surface area contributed by atoms with Gasteiger partial charge in [-0.2, -0.15) is 0 Å². The van der Waals surface area contributed by atoms with Crippen LogP contribution in [0.2, 0.25) is 0 Å². The topological polar surface area (TPSA) is 82.3 Å². The Balaban J connectivity index is 1.37. The van der Waals surface area contributed by atoms with E-state index in [0.717, 1.165) is 38.5 Å². The maximum Gasteiger partial charge on any atom is 0.166 e. The molecule has 0 spiro atoms. The van der Waals surface area contributed by atoms with Gasteiger partial charge in [-0.1, -0.05) is 103 Å². The highest BCUT2D eigenvalue weighted by atomic mass is 19.1. The molecule has 254 valence electrons. The maximum absolute atomic E-state index is 15.4. The van der Waals surface area contributed by atoms with E-state index in [2.05, 4.69) is 43.8 Å². The second kappa shape index (κ2) is 13.0. The van der Waals surface area contributed by atoms with Gasteiger partial charge in [-0.15, -0.1) is 0 Å². The number of rotatable bonds is 6. The van der Waals surface area contributed by atoms with Crippen LogP contribution in [-0.4, -0.2) is 34.5 Å². The van der Waals surface area contributed by atoms with E-state index in [-0.39, 0.29) is 5.56 Å². The number of hydrogen-bond donors (Lipinski definition) is 0. The van der Waals surface area contributed by atoms with Gasteiger partial charge in [-0.05, 0) is 55.8 Å². The molecule has 9 rings (SSSR count). The third-order valence-electron chi connectivity index (χ3n) is 9.22. The summed E-state index contributed by atoms with van der Waals surface area (Å²) in [6.45, 7) is 3.70. The van der Waals surface area contributed by atoms with Crippen LogP contribution in [0, 0.1) is 25.5 Å². The van der Waals surface area contributed by atoms with Crippen LogP contribution in [0.3, 0.4) is 0 Å². The highest BCUT2D eigenvalue weighted by Crippen LogP contribution is 2.40. The van der Waals surface area contributed by atoms with Crippen LogP contribution in [0.15, 0.2) is 140 Å². The molecule has 3 aromatic heterocycles. The molecule has 0 saturated carbocycles. The summed E-state index contributed by atoms with van der Waals surface area (Å²) in [5.41, 5.74) is 5.71. The number of aromatic nitrogens is 7. The molecule has 0 unspecified atom stereocenters. The molecule has 0 saturated heterocycles. The lowest BCUT2D eigenvalue weighted by Gasteiger charge is -2.17. The highest BCUT2D eigenvalue weighted by molar-refractivity contribution is 6.10. The Kier molecular flexibility index (Phi) is 7.81. The van der Waals surface area contributed by atoms with Gasteiger partial charge in [0.2, 0.25) is 0 Å². The lowest BCUT2D eigenvalue weighted by atomic mass is 9.99. The Bertz CT molecular complexity index is 2740.